The van der Waals surface area contributed by atoms with Gasteiger partial charge in [-0.2, -0.15) is 0 Å². The summed E-state index contributed by atoms with van der Waals surface area (Å²) in [6.07, 6.45) is 0.807. The van der Waals surface area contributed by atoms with E-state index in [4.69, 9.17) is 0 Å². The fourth-order valence-corrected chi connectivity index (χ4v) is 0.759. The second kappa shape index (κ2) is 5.26. The van der Waals surface area contributed by atoms with E-state index in [1.807, 2.05) is 13.8 Å². The third-order valence-electron chi connectivity index (χ3n) is 1.09. The van der Waals surface area contributed by atoms with Crippen molar-refractivity contribution < 1.29 is 17.7 Å². The molecule has 0 spiro atoms. The van der Waals surface area contributed by atoms with Crippen LogP contribution in [0.5, 0.6) is 0 Å². The zero-order valence-electron chi connectivity index (χ0n) is 6.53. The zero-order valence-corrected chi connectivity index (χ0v) is 7.35. The predicted molar refractivity (Wildman–Crippen MR) is 39.1 cm³/mol. The Labute approximate surface area is 68.4 Å². The van der Waals surface area contributed by atoms with E-state index in [-0.39, 0.29) is 6.42 Å². The molecule has 4 nitrogen and oxygen atoms in total. The summed E-state index contributed by atoms with van der Waals surface area (Å²) in [7, 11) is 0. The molecule has 0 aliphatic rings. The Morgan fingerprint density at radius 3 is 2.55 bits per heavy atom. The van der Waals surface area contributed by atoms with Gasteiger partial charge in [0.2, 0.25) is 0 Å². The van der Waals surface area contributed by atoms with Crippen LogP contribution in [-0.2, 0) is 20.3 Å². The summed E-state index contributed by atoms with van der Waals surface area (Å²) in [5.74, 6) is -0.310. The third kappa shape index (κ3) is 7.48. The van der Waals surface area contributed by atoms with Crippen molar-refractivity contribution in [3.63, 3.8) is 0 Å². The molecule has 0 radical (unpaired) electrons. The van der Waals surface area contributed by atoms with Gasteiger partial charge in [0, 0.05) is 6.42 Å². The average Bonchev–Trinajstić information content (AvgIpc) is 1.82. The number of rotatable bonds is 4. The van der Waals surface area contributed by atoms with Crippen LogP contribution in [-0.4, -0.2) is 14.7 Å². The molecule has 0 aromatic heterocycles. The summed E-state index contributed by atoms with van der Waals surface area (Å²) < 4.78 is 23.5. The van der Waals surface area contributed by atoms with E-state index < -0.39 is 17.3 Å². The molecule has 5 heteroatoms. The van der Waals surface area contributed by atoms with Crippen LogP contribution in [0.25, 0.3) is 0 Å². The molecular weight excluding hydrogens is 168 g/mol. The van der Waals surface area contributed by atoms with Gasteiger partial charge in [0.05, 0.1) is 0 Å². The molecule has 0 rings (SSSR count). The molecule has 1 unspecified atom stereocenters. The highest BCUT2D eigenvalue weighted by Gasteiger charge is 2.04. The van der Waals surface area contributed by atoms with Crippen LogP contribution in [0.3, 0.4) is 0 Å². The number of hydrogen-bond donors (Lipinski definition) is 0. The quantitative estimate of drug-likeness (QED) is 0.597. The first kappa shape index (κ1) is 10.6. The first-order valence-corrected chi connectivity index (χ1v) is 4.32. The van der Waals surface area contributed by atoms with Crippen LogP contribution in [0.15, 0.2) is 0 Å². The number of carbonyl (C=O) groups is 1. The highest BCUT2D eigenvalue weighted by atomic mass is 32.2. The van der Waals surface area contributed by atoms with Gasteiger partial charge in [-0.15, -0.1) is 0 Å². The maximum absolute atomic E-state index is 10.5. The van der Waals surface area contributed by atoms with Crippen LogP contribution in [0.2, 0.25) is 0 Å². The average molecular weight is 179 g/mol. The molecule has 0 heterocycles. The van der Waals surface area contributed by atoms with Gasteiger partial charge in [0.25, 0.3) is 0 Å². The third-order valence-corrected chi connectivity index (χ3v) is 1.41. The van der Waals surface area contributed by atoms with Gasteiger partial charge in [-0.25, -0.2) is 4.21 Å². The summed E-state index contributed by atoms with van der Waals surface area (Å²) >= 11 is -2.71. The van der Waals surface area contributed by atoms with Crippen molar-refractivity contribution in [1.29, 1.82) is 0 Å². The minimum atomic E-state index is -2.71. The standard InChI is InChI=1S/C6H12O4S/c1-5(2)3-4-6(7)10-11(8)9/h5H,3-4H2,1-2H3,(H,8,9)/p-1. The van der Waals surface area contributed by atoms with Crippen molar-refractivity contribution in [3.05, 3.63) is 0 Å². The molecule has 0 N–H and O–H groups in total. The van der Waals surface area contributed by atoms with Gasteiger partial charge < -0.3 is 8.74 Å². The molecule has 0 fully saturated rings. The van der Waals surface area contributed by atoms with E-state index in [0.717, 1.165) is 0 Å². The van der Waals surface area contributed by atoms with Crippen LogP contribution in [0, 0.1) is 5.92 Å². The molecule has 0 amide bonds. The molecule has 0 bridgehead atoms. The van der Waals surface area contributed by atoms with Crippen molar-refractivity contribution >= 4 is 17.3 Å². The van der Waals surface area contributed by atoms with Crippen molar-refractivity contribution in [2.75, 3.05) is 0 Å². The molecule has 0 aromatic carbocycles. The van der Waals surface area contributed by atoms with Gasteiger partial charge in [-0.05, 0) is 12.3 Å². The van der Waals surface area contributed by atoms with Crippen LogP contribution in [0.4, 0.5) is 0 Å². The topological polar surface area (TPSA) is 66.4 Å². The Morgan fingerprint density at radius 2 is 2.18 bits per heavy atom. The van der Waals surface area contributed by atoms with Crippen LogP contribution < -0.4 is 0 Å². The Balaban J connectivity index is 3.46. The minimum absolute atomic E-state index is 0.158. The van der Waals surface area contributed by atoms with E-state index in [1.54, 1.807) is 0 Å². The summed E-state index contributed by atoms with van der Waals surface area (Å²) in [6.45, 7) is 3.89. The molecule has 11 heavy (non-hydrogen) atoms. The molecular formula is C6H11O4S-. The second-order valence-corrected chi connectivity index (χ2v) is 3.17. The summed E-state index contributed by atoms with van der Waals surface area (Å²) in [6, 6.07) is 0. The van der Waals surface area contributed by atoms with E-state index in [1.165, 1.54) is 0 Å². The highest BCUT2D eigenvalue weighted by molar-refractivity contribution is 7.74. The number of hydrogen-bond acceptors (Lipinski definition) is 4. The van der Waals surface area contributed by atoms with E-state index >= 15 is 0 Å². The predicted octanol–water partition coefficient (Wildman–Crippen LogP) is 0.760. The van der Waals surface area contributed by atoms with Crippen molar-refractivity contribution in [2.45, 2.75) is 26.7 Å². The first-order valence-electron chi connectivity index (χ1n) is 3.32. The lowest BCUT2D eigenvalue weighted by atomic mass is 10.1. The Kier molecular flexibility index (Phi) is 5.06. The summed E-state index contributed by atoms with van der Waals surface area (Å²) in [5, 5.41) is 0. The smallest absolute Gasteiger partial charge is 0.319 e. The largest absolute Gasteiger partial charge is 0.740 e. The van der Waals surface area contributed by atoms with E-state index in [0.29, 0.717) is 12.3 Å². The Bertz CT molecular complexity index is 155. The van der Waals surface area contributed by atoms with Crippen molar-refractivity contribution in [1.82, 2.24) is 0 Å². The lowest BCUT2D eigenvalue weighted by Gasteiger charge is -2.06. The SMILES string of the molecule is CC(C)CCC(=O)OS(=O)[O-]. The fourth-order valence-electron chi connectivity index (χ4n) is 0.524. The van der Waals surface area contributed by atoms with Crippen LogP contribution in [0.1, 0.15) is 26.7 Å². The van der Waals surface area contributed by atoms with Gasteiger partial charge in [-0.3, -0.25) is 4.79 Å². The first-order chi connectivity index (χ1) is 5.02. The van der Waals surface area contributed by atoms with E-state index in [9.17, 15) is 13.6 Å². The maximum atomic E-state index is 10.5. The molecule has 0 saturated heterocycles. The monoisotopic (exact) mass is 179 g/mol. The minimum Gasteiger partial charge on any atom is -0.740 e. The lowest BCUT2D eigenvalue weighted by Crippen LogP contribution is -2.07. The highest BCUT2D eigenvalue weighted by Crippen LogP contribution is 2.04. The van der Waals surface area contributed by atoms with Gasteiger partial charge in [0.1, 0.15) is 11.4 Å². The van der Waals surface area contributed by atoms with Crippen molar-refractivity contribution in [3.8, 4) is 0 Å². The van der Waals surface area contributed by atoms with Crippen LogP contribution >= 0.6 is 0 Å². The molecule has 0 aliphatic heterocycles. The normalized spacial score (nSPS) is 13.1. The maximum Gasteiger partial charge on any atom is 0.319 e. The van der Waals surface area contributed by atoms with E-state index in [2.05, 4.69) is 4.18 Å². The molecule has 0 aromatic rings. The fraction of sp³-hybridized carbons (Fsp3) is 0.833. The number of carbonyl (C=O) groups excluding carboxylic acids is 1. The molecule has 66 valence electrons. The van der Waals surface area contributed by atoms with Gasteiger partial charge >= 0.3 is 5.97 Å². The summed E-state index contributed by atoms with van der Waals surface area (Å²) in [4.78, 5) is 10.5. The second-order valence-electron chi connectivity index (χ2n) is 2.59. The molecule has 1 atom stereocenters. The van der Waals surface area contributed by atoms with Crippen molar-refractivity contribution in [2.24, 2.45) is 5.92 Å². The molecule has 0 saturated carbocycles. The Morgan fingerprint density at radius 1 is 1.64 bits per heavy atom. The molecule has 0 aliphatic carbocycles. The zero-order chi connectivity index (χ0) is 8.85. The van der Waals surface area contributed by atoms with Gasteiger partial charge in [0.15, 0.2) is 0 Å². The summed E-state index contributed by atoms with van der Waals surface area (Å²) in [5.41, 5.74) is 0. The van der Waals surface area contributed by atoms with Gasteiger partial charge in [-0.1, -0.05) is 13.8 Å². The lowest BCUT2D eigenvalue weighted by molar-refractivity contribution is -0.134. The Hall–Kier alpha value is -0.420.